The van der Waals surface area contributed by atoms with Crippen LogP contribution in [0, 0.1) is 0 Å². The van der Waals surface area contributed by atoms with E-state index < -0.39 is 26.8 Å². The molecular weight excluding hydrogens is 393 g/mol. The van der Waals surface area contributed by atoms with Crippen molar-refractivity contribution < 1.29 is 28.8 Å². The zero-order valence-electron chi connectivity index (χ0n) is 17.9. The van der Waals surface area contributed by atoms with Gasteiger partial charge in [0.05, 0.1) is 6.54 Å². The monoisotopic (exact) mass is 431 g/mol. The van der Waals surface area contributed by atoms with E-state index in [1.807, 2.05) is 0 Å². The second kappa shape index (κ2) is 19.0. The quantitative estimate of drug-likeness (QED) is 0.103. The summed E-state index contributed by atoms with van der Waals surface area (Å²) in [7, 11) is -4.91. The van der Waals surface area contributed by atoms with E-state index in [9.17, 15) is 19.4 Å². The maximum Gasteiger partial charge on any atom is 0.265 e. The average Bonchev–Trinajstić information content (AvgIpc) is 2.67. The van der Waals surface area contributed by atoms with Crippen LogP contribution in [-0.2, 0) is 13.9 Å². The van der Waals surface area contributed by atoms with E-state index in [-0.39, 0.29) is 12.3 Å². The first-order valence-corrected chi connectivity index (χ1v) is 12.4. The van der Waals surface area contributed by atoms with Gasteiger partial charge in [-0.1, -0.05) is 70.4 Å². The first-order chi connectivity index (χ1) is 13.8. The van der Waals surface area contributed by atoms with Crippen molar-refractivity contribution in [2.45, 2.75) is 96.8 Å². The molecule has 29 heavy (non-hydrogen) atoms. The summed E-state index contributed by atoms with van der Waals surface area (Å²) in [5, 5.41) is 11.5. The number of carbonyl (C=O) groups is 1. The summed E-state index contributed by atoms with van der Waals surface area (Å²) in [5.41, 5.74) is 0. The molecule has 0 aromatic carbocycles. The first-order valence-electron chi connectivity index (χ1n) is 10.9. The van der Waals surface area contributed by atoms with Gasteiger partial charge in [-0.2, -0.15) is 0 Å². The molecule has 170 valence electrons. The number of nitrogens with zero attached hydrogens (tertiary/aromatic N) is 1. The number of ketones is 1. The lowest BCUT2D eigenvalue weighted by molar-refractivity contribution is -0.219. The third-order valence-corrected chi connectivity index (χ3v) is 4.93. The van der Waals surface area contributed by atoms with Crippen molar-refractivity contribution in [2.75, 3.05) is 13.2 Å². The number of unbranched alkanes of at least 4 members (excludes halogenated alkanes) is 11. The molecule has 0 aromatic rings. The van der Waals surface area contributed by atoms with Crippen LogP contribution in [-0.4, -0.2) is 29.7 Å². The van der Waals surface area contributed by atoms with Crippen LogP contribution in [0.2, 0.25) is 0 Å². The van der Waals surface area contributed by atoms with Crippen molar-refractivity contribution in [1.29, 1.82) is 0 Å². The molecule has 0 saturated carbocycles. The lowest BCUT2D eigenvalue weighted by atomic mass is 10.1. The van der Waals surface area contributed by atoms with Gasteiger partial charge in [0.1, 0.15) is 6.61 Å². The maximum absolute atomic E-state index is 11.5. The van der Waals surface area contributed by atoms with E-state index in [4.69, 9.17) is 4.89 Å². The summed E-state index contributed by atoms with van der Waals surface area (Å²) < 4.78 is 14.3. The Kier molecular flexibility index (Phi) is 18.3. The van der Waals surface area contributed by atoms with Crippen LogP contribution >= 0.6 is 7.82 Å². The molecule has 0 bridgehead atoms. The van der Waals surface area contributed by atoms with Crippen LogP contribution < -0.4 is 10.00 Å². The number of allylic oxidation sites excluding steroid dienone is 2. The highest BCUT2D eigenvalue weighted by atomic mass is 31.2. The Morgan fingerprint density at radius 1 is 0.966 bits per heavy atom. The fraction of sp³-hybridized carbons (Fsp3) is 0.810. The van der Waals surface area contributed by atoms with Crippen LogP contribution in [0.1, 0.15) is 96.8 Å². The molecule has 0 radical (unpaired) electrons. The Labute approximate surface area is 175 Å². The highest BCUT2D eigenvalue weighted by Gasteiger charge is 2.06. The van der Waals surface area contributed by atoms with Crippen molar-refractivity contribution in [3.05, 3.63) is 12.2 Å². The molecule has 8 heteroatoms. The van der Waals surface area contributed by atoms with Gasteiger partial charge in [-0.3, -0.25) is 14.4 Å². The summed E-state index contributed by atoms with van der Waals surface area (Å²) in [6, 6.07) is 0. The second-order valence-electron chi connectivity index (χ2n) is 7.32. The van der Waals surface area contributed by atoms with E-state index in [1.165, 1.54) is 44.9 Å². The largest absolute Gasteiger partial charge is 0.862 e. The van der Waals surface area contributed by atoms with E-state index >= 15 is 0 Å². The lowest BCUT2D eigenvalue weighted by Crippen LogP contribution is -2.21. The number of rotatable bonds is 20. The number of phosphoric ester groups is 1. The lowest BCUT2D eigenvalue weighted by Gasteiger charge is -2.14. The molecule has 1 N–H and O–H groups in total. The SMILES string of the molecule is CCCCCCCC/C=C\CCCCCCCC([O-])=NCC(=O)COP(=O)([O-])O. The van der Waals surface area contributed by atoms with Crippen LogP contribution in [0.3, 0.4) is 0 Å². The number of phosphoric acid groups is 1. The van der Waals surface area contributed by atoms with E-state index in [0.717, 1.165) is 38.5 Å². The summed E-state index contributed by atoms with van der Waals surface area (Å²) in [6.45, 7) is 1.01. The Morgan fingerprint density at radius 2 is 1.48 bits per heavy atom. The second-order valence-corrected chi connectivity index (χ2v) is 8.52. The van der Waals surface area contributed by atoms with Gasteiger partial charge in [-0.05, 0) is 44.4 Å². The number of carbonyl (C=O) groups excluding carboxylic acids is 1. The zero-order chi connectivity index (χ0) is 21.8. The smallest absolute Gasteiger partial charge is 0.265 e. The molecule has 0 aliphatic rings. The van der Waals surface area contributed by atoms with Gasteiger partial charge in [-0.15, -0.1) is 0 Å². The topological polar surface area (TPSA) is 122 Å². The Morgan fingerprint density at radius 3 is 2.03 bits per heavy atom. The molecule has 0 aromatic heterocycles. The minimum Gasteiger partial charge on any atom is -0.862 e. The van der Waals surface area contributed by atoms with E-state index in [2.05, 4.69) is 28.6 Å². The fourth-order valence-corrected chi connectivity index (χ4v) is 3.11. The Bertz CT molecular complexity index is 515. The van der Waals surface area contributed by atoms with Crippen molar-refractivity contribution in [2.24, 2.45) is 4.99 Å². The van der Waals surface area contributed by atoms with Gasteiger partial charge in [-0.25, -0.2) is 0 Å². The molecule has 7 nitrogen and oxygen atoms in total. The predicted molar refractivity (Wildman–Crippen MR) is 113 cm³/mol. The van der Waals surface area contributed by atoms with Gasteiger partial charge >= 0.3 is 0 Å². The highest BCUT2D eigenvalue weighted by Crippen LogP contribution is 2.29. The molecule has 0 aliphatic carbocycles. The summed E-state index contributed by atoms with van der Waals surface area (Å²) in [4.78, 5) is 33.6. The number of hydrogen-bond acceptors (Lipinski definition) is 6. The molecule has 0 rings (SSSR count). The minimum absolute atomic E-state index is 0.284. The summed E-state index contributed by atoms with van der Waals surface area (Å²) >= 11 is 0. The predicted octanol–water partition coefficient (Wildman–Crippen LogP) is 3.83. The molecule has 0 heterocycles. The van der Waals surface area contributed by atoms with Gasteiger partial charge < -0.3 is 19.4 Å². The van der Waals surface area contributed by atoms with Crippen LogP contribution in [0.5, 0.6) is 0 Å². The number of hydrogen-bond donors (Lipinski definition) is 1. The van der Waals surface area contributed by atoms with Crippen LogP contribution in [0.15, 0.2) is 17.1 Å². The Balaban J connectivity index is 3.47. The van der Waals surface area contributed by atoms with Gasteiger partial charge in [0.15, 0.2) is 5.78 Å². The summed E-state index contributed by atoms with van der Waals surface area (Å²) in [5.74, 6) is -1.04. The normalized spacial score (nSPS) is 14.4. The van der Waals surface area contributed by atoms with Gasteiger partial charge in [0, 0.05) is 0 Å². The first kappa shape index (κ1) is 28.0. The van der Waals surface area contributed by atoms with Gasteiger partial charge in [0.25, 0.3) is 7.82 Å². The third-order valence-electron chi connectivity index (χ3n) is 4.47. The van der Waals surface area contributed by atoms with Gasteiger partial charge in [0.2, 0.25) is 0 Å². The maximum atomic E-state index is 11.5. The average molecular weight is 432 g/mol. The molecule has 0 saturated heterocycles. The molecule has 0 spiro atoms. The molecule has 0 amide bonds. The molecule has 0 fully saturated rings. The van der Waals surface area contributed by atoms with Crippen molar-refractivity contribution in [3.63, 3.8) is 0 Å². The molecule has 1 atom stereocenters. The standard InChI is InChI=1S/C21H40NO6P/c1-2-3-4-5-6-7-8-9-10-11-12-13-14-15-16-17-21(24)22-18-20(23)19-28-29(25,26)27/h9-10H,2-8,11-19H2,1H3,(H,22,24)(H2,25,26,27)/p-2/b10-9-. The Hall–Kier alpha value is -1.01. The highest BCUT2D eigenvalue weighted by molar-refractivity contribution is 7.44. The molecule has 0 aliphatic heterocycles. The van der Waals surface area contributed by atoms with Crippen LogP contribution in [0.25, 0.3) is 0 Å². The number of aliphatic imine (C=N–C) groups is 1. The minimum atomic E-state index is -4.91. The van der Waals surface area contributed by atoms with E-state index in [0.29, 0.717) is 0 Å². The fourth-order valence-electron chi connectivity index (χ4n) is 2.80. The molecule has 1 unspecified atom stereocenters. The van der Waals surface area contributed by atoms with E-state index in [1.54, 1.807) is 0 Å². The van der Waals surface area contributed by atoms with Crippen LogP contribution in [0.4, 0.5) is 0 Å². The summed E-state index contributed by atoms with van der Waals surface area (Å²) in [6.07, 6.45) is 20.2. The third kappa shape index (κ3) is 23.1. The van der Waals surface area contributed by atoms with Crippen molar-refractivity contribution >= 4 is 19.5 Å². The zero-order valence-corrected chi connectivity index (χ0v) is 18.7. The van der Waals surface area contributed by atoms with Crippen molar-refractivity contribution in [3.8, 4) is 0 Å². The molecular formula is C21H38NO6P-2. The van der Waals surface area contributed by atoms with Crippen molar-refractivity contribution in [1.82, 2.24) is 0 Å². The number of Topliss-reactive ketones (excluding diaryl/α,β-unsaturated/α-hetero) is 1.